The van der Waals surface area contributed by atoms with E-state index in [1.54, 1.807) is 6.92 Å². The number of ether oxygens (including phenoxy) is 3. The number of piperidine rings is 1. The Labute approximate surface area is 166 Å². The lowest BCUT2D eigenvalue weighted by atomic mass is 9.34. The van der Waals surface area contributed by atoms with Gasteiger partial charge in [-0.3, -0.25) is 4.79 Å². The van der Waals surface area contributed by atoms with Crippen LogP contribution in [0.2, 0.25) is 0 Å². The average Bonchev–Trinajstić information content (AvgIpc) is 3.16. The third-order valence-corrected chi connectivity index (χ3v) is 10.2. The summed E-state index contributed by atoms with van der Waals surface area (Å²) in [6.07, 6.45) is 9.08. The summed E-state index contributed by atoms with van der Waals surface area (Å²) in [5.41, 5.74) is 1.35. The minimum absolute atomic E-state index is 0.0419. The average molecular weight is 386 g/mol. The summed E-state index contributed by atoms with van der Waals surface area (Å²) >= 11 is 0. The topological polar surface area (TPSA) is 48.0 Å². The standard InChI is InChI=1S/C23H31NO4/c1-12-14-5-7-23(19(12)27-13(2)25)17(10-14)22-6-3-4-15-16(22)11-18(23)28-21(22)24-8-9-26-20(15)24/h14-21H,1,3-11H2,2H3/t14-,15+,16?,17?,18-,19-,20-,21?,22-,23+/m0/s1. The maximum Gasteiger partial charge on any atom is 0.303 e. The number of esters is 1. The fourth-order valence-corrected chi connectivity index (χ4v) is 9.55. The molecule has 9 aliphatic rings. The second-order valence-electron chi connectivity index (χ2n) is 10.7. The highest BCUT2D eigenvalue weighted by molar-refractivity contribution is 5.67. The van der Waals surface area contributed by atoms with Gasteiger partial charge in [-0.2, -0.15) is 0 Å². The third kappa shape index (κ3) is 1.64. The Morgan fingerprint density at radius 1 is 1.25 bits per heavy atom. The second-order valence-corrected chi connectivity index (χ2v) is 10.7. The van der Waals surface area contributed by atoms with Crippen LogP contribution in [0.15, 0.2) is 12.2 Å². The van der Waals surface area contributed by atoms with E-state index in [2.05, 4.69) is 11.5 Å². The molecule has 0 aromatic carbocycles. The van der Waals surface area contributed by atoms with Gasteiger partial charge in [0.15, 0.2) is 0 Å². The smallest absolute Gasteiger partial charge is 0.303 e. The van der Waals surface area contributed by atoms with Crippen LogP contribution < -0.4 is 0 Å². The highest BCUT2D eigenvalue weighted by Crippen LogP contribution is 2.77. The van der Waals surface area contributed by atoms with Crippen LogP contribution in [0.3, 0.4) is 0 Å². The van der Waals surface area contributed by atoms with Gasteiger partial charge in [-0.1, -0.05) is 13.0 Å². The summed E-state index contributed by atoms with van der Waals surface area (Å²) in [4.78, 5) is 14.6. The summed E-state index contributed by atoms with van der Waals surface area (Å²) in [5, 5.41) is 0. The van der Waals surface area contributed by atoms with E-state index in [0.717, 1.165) is 26.0 Å². The SMILES string of the molecule is C=C1[C@H]2CC[C@]3(C(C2)[C@]24CCC[C@@H]5C2C[C@@H]3OC4N2CCO[C@@H]52)[C@H]1OC(C)=O. The number of carbonyl (C=O) groups excluding carboxylic acids is 1. The highest BCUT2D eigenvalue weighted by Gasteiger charge is 2.79. The molecular formula is C23H31NO4. The van der Waals surface area contributed by atoms with Crippen molar-refractivity contribution in [2.75, 3.05) is 13.2 Å². The monoisotopic (exact) mass is 385 g/mol. The van der Waals surface area contributed by atoms with E-state index >= 15 is 0 Å². The Balaban J connectivity index is 1.40. The number of hydrogen-bond acceptors (Lipinski definition) is 5. The van der Waals surface area contributed by atoms with Crippen molar-refractivity contribution in [3.8, 4) is 0 Å². The molecule has 0 N–H and O–H groups in total. The third-order valence-electron chi connectivity index (χ3n) is 10.2. The number of hydrogen-bond donors (Lipinski definition) is 0. The maximum absolute atomic E-state index is 12.0. The van der Waals surface area contributed by atoms with Gasteiger partial charge >= 0.3 is 5.97 Å². The minimum Gasteiger partial charge on any atom is -0.457 e. The lowest BCUT2D eigenvalue weighted by molar-refractivity contribution is -0.407. The van der Waals surface area contributed by atoms with Crippen LogP contribution in [-0.2, 0) is 19.0 Å². The van der Waals surface area contributed by atoms with Gasteiger partial charge < -0.3 is 14.2 Å². The Kier molecular flexibility index (Phi) is 3.14. The van der Waals surface area contributed by atoms with Crippen LogP contribution in [0.5, 0.6) is 0 Å². The minimum atomic E-state index is -0.166. The fraction of sp³-hybridized carbons (Fsp3) is 0.870. The first-order chi connectivity index (χ1) is 13.6. The Morgan fingerprint density at radius 3 is 3.00 bits per heavy atom. The Bertz CT molecular complexity index is 768. The first-order valence-electron chi connectivity index (χ1n) is 11.5. The van der Waals surface area contributed by atoms with Crippen molar-refractivity contribution < 1.29 is 19.0 Å². The van der Waals surface area contributed by atoms with Gasteiger partial charge in [-0.05, 0) is 61.9 Å². The summed E-state index contributed by atoms with van der Waals surface area (Å²) in [7, 11) is 0. The van der Waals surface area contributed by atoms with Gasteiger partial charge in [0.2, 0.25) is 0 Å². The van der Waals surface area contributed by atoms with E-state index in [9.17, 15) is 4.79 Å². The molecule has 9 rings (SSSR count). The molecule has 5 heteroatoms. The van der Waals surface area contributed by atoms with Crippen molar-refractivity contribution in [1.29, 1.82) is 0 Å². The zero-order chi connectivity index (χ0) is 18.8. The van der Waals surface area contributed by atoms with Gasteiger partial charge in [0.25, 0.3) is 0 Å². The van der Waals surface area contributed by atoms with Crippen LogP contribution >= 0.6 is 0 Å². The van der Waals surface area contributed by atoms with E-state index in [0.29, 0.717) is 23.7 Å². The molecule has 5 saturated carbocycles. The zero-order valence-corrected chi connectivity index (χ0v) is 16.8. The van der Waals surface area contributed by atoms with Crippen molar-refractivity contribution in [3.63, 3.8) is 0 Å². The van der Waals surface area contributed by atoms with Gasteiger partial charge in [0.1, 0.15) is 18.6 Å². The molecule has 7 bridgehead atoms. The molecule has 4 heterocycles. The molecule has 0 amide bonds. The fourth-order valence-electron chi connectivity index (χ4n) is 9.55. The van der Waals surface area contributed by atoms with Gasteiger partial charge in [-0.25, -0.2) is 4.90 Å². The van der Waals surface area contributed by atoms with E-state index in [4.69, 9.17) is 14.2 Å². The van der Waals surface area contributed by atoms with Crippen LogP contribution in [0.1, 0.15) is 51.9 Å². The molecular weight excluding hydrogens is 354 g/mol. The first kappa shape index (κ1) is 16.8. The molecule has 0 radical (unpaired) electrons. The van der Waals surface area contributed by atoms with E-state index in [1.165, 1.54) is 37.7 Å². The molecule has 0 aromatic rings. The first-order valence-corrected chi connectivity index (χ1v) is 11.5. The Hall–Kier alpha value is -0.910. The van der Waals surface area contributed by atoms with Crippen LogP contribution in [0.25, 0.3) is 0 Å². The molecule has 9 fully saturated rings. The summed E-state index contributed by atoms with van der Waals surface area (Å²) in [6.45, 7) is 7.85. The molecule has 4 aliphatic heterocycles. The maximum atomic E-state index is 12.0. The van der Waals surface area contributed by atoms with Crippen molar-refractivity contribution in [2.45, 2.75) is 76.5 Å². The normalized spacial score (nSPS) is 58.4. The van der Waals surface area contributed by atoms with E-state index < -0.39 is 0 Å². The Morgan fingerprint density at radius 2 is 2.14 bits per heavy atom. The largest absolute Gasteiger partial charge is 0.457 e. The lowest BCUT2D eigenvalue weighted by Gasteiger charge is -2.78. The number of nitrogens with zero attached hydrogens (tertiary/aromatic N) is 1. The predicted molar refractivity (Wildman–Crippen MR) is 101 cm³/mol. The highest BCUT2D eigenvalue weighted by atomic mass is 16.6. The molecule has 2 spiro atoms. The van der Waals surface area contributed by atoms with E-state index in [-0.39, 0.29) is 41.5 Å². The van der Waals surface area contributed by atoms with Crippen molar-refractivity contribution in [3.05, 3.63) is 12.2 Å². The summed E-state index contributed by atoms with van der Waals surface area (Å²) < 4.78 is 19.3. The zero-order valence-electron chi connectivity index (χ0n) is 16.8. The molecule has 10 atom stereocenters. The predicted octanol–water partition coefficient (Wildman–Crippen LogP) is 3.09. The van der Waals surface area contributed by atoms with E-state index in [1.807, 2.05) is 0 Å². The molecule has 4 saturated heterocycles. The van der Waals surface area contributed by atoms with Crippen LogP contribution in [0.4, 0.5) is 0 Å². The van der Waals surface area contributed by atoms with Crippen LogP contribution in [0, 0.1) is 34.5 Å². The quantitative estimate of drug-likeness (QED) is 0.513. The van der Waals surface area contributed by atoms with Crippen molar-refractivity contribution in [1.82, 2.24) is 4.90 Å². The number of rotatable bonds is 1. The van der Waals surface area contributed by atoms with Gasteiger partial charge in [0.05, 0.1) is 12.7 Å². The molecule has 5 nitrogen and oxygen atoms in total. The molecule has 0 aromatic heterocycles. The summed E-state index contributed by atoms with van der Waals surface area (Å²) in [5.74, 6) is 2.32. The molecule has 3 unspecified atom stereocenters. The lowest BCUT2D eigenvalue weighted by Crippen LogP contribution is -2.81. The van der Waals surface area contributed by atoms with Gasteiger partial charge in [-0.15, -0.1) is 0 Å². The molecule has 152 valence electrons. The number of fused-ring (bicyclic) bond motifs is 4. The van der Waals surface area contributed by atoms with Crippen molar-refractivity contribution >= 4 is 5.97 Å². The number of carbonyl (C=O) groups is 1. The van der Waals surface area contributed by atoms with Crippen LogP contribution in [-0.4, -0.2) is 48.7 Å². The van der Waals surface area contributed by atoms with Gasteiger partial charge in [0, 0.05) is 30.2 Å². The summed E-state index contributed by atoms with van der Waals surface area (Å²) in [6, 6.07) is 0. The molecule has 5 aliphatic carbocycles. The molecule has 28 heavy (non-hydrogen) atoms. The van der Waals surface area contributed by atoms with Crippen molar-refractivity contribution in [2.24, 2.45) is 34.5 Å². The second kappa shape index (κ2) is 5.22.